The number of hydrogen-bond donors (Lipinski definition) is 3. The summed E-state index contributed by atoms with van der Waals surface area (Å²) in [5.74, 6) is 1.82. The van der Waals surface area contributed by atoms with E-state index in [0.29, 0.717) is 18.3 Å². The topological polar surface area (TPSA) is 70.1 Å². The van der Waals surface area contributed by atoms with E-state index in [9.17, 15) is 5.11 Å². The van der Waals surface area contributed by atoms with Gasteiger partial charge in [0.05, 0.1) is 5.52 Å². The first kappa shape index (κ1) is 14.5. The standard InChI is InChI=1S/C15H22N4O/c1-10(2)12(8-9-20)17-14-11-6-4-5-7-13(11)18-15(16-3)19-14/h4-7,10,12,20H,8-9H2,1-3H3,(H2,16,17,18,19). The first-order valence-electron chi connectivity index (χ1n) is 6.97. The lowest BCUT2D eigenvalue weighted by Crippen LogP contribution is -2.27. The molecule has 1 aromatic carbocycles. The summed E-state index contributed by atoms with van der Waals surface area (Å²) in [7, 11) is 1.81. The molecule has 0 fully saturated rings. The SMILES string of the molecule is CNc1nc(NC(CCO)C(C)C)c2ccccc2n1. The highest BCUT2D eigenvalue weighted by atomic mass is 16.3. The Kier molecular flexibility index (Phi) is 4.74. The third kappa shape index (κ3) is 3.17. The predicted molar refractivity (Wildman–Crippen MR) is 83.0 cm³/mol. The number of anilines is 2. The maximum atomic E-state index is 9.19. The van der Waals surface area contributed by atoms with Crippen molar-refractivity contribution in [1.82, 2.24) is 9.97 Å². The molecule has 0 radical (unpaired) electrons. The highest BCUT2D eigenvalue weighted by Crippen LogP contribution is 2.24. The number of nitrogens with one attached hydrogen (secondary N) is 2. The van der Waals surface area contributed by atoms with Crippen molar-refractivity contribution < 1.29 is 5.11 Å². The van der Waals surface area contributed by atoms with Gasteiger partial charge < -0.3 is 15.7 Å². The predicted octanol–water partition coefficient (Wildman–Crippen LogP) is 2.49. The lowest BCUT2D eigenvalue weighted by atomic mass is 10.0. The summed E-state index contributed by atoms with van der Waals surface area (Å²) in [6, 6.07) is 8.11. The quantitative estimate of drug-likeness (QED) is 0.755. The summed E-state index contributed by atoms with van der Waals surface area (Å²) < 4.78 is 0. The molecule has 5 heteroatoms. The van der Waals surface area contributed by atoms with E-state index in [0.717, 1.165) is 16.7 Å². The third-order valence-corrected chi connectivity index (χ3v) is 3.39. The fourth-order valence-corrected chi connectivity index (χ4v) is 2.19. The minimum Gasteiger partial charge on any atom is -0.396 e. The monoisotopic (exact) mass is 274 g/mol. The molecule has 0 bridgehead atoms. The van der Waals surface area contributed by atoms with E-state index in [4.69, 9.17) is 0 Å². The number of aromatic nitrogens is 2. The molecule has 0 aliphatic carbocycles. The number of hydrogen-bond acceptors (Lipinski definition) is 5. The maximum absolute atomic E-state index is 9.19. The second-order valence-corrected chi connectivity index (χ2v) is 5.17. The van der Waals surface area contributed by atoms with Crippen LogP contribution in [0.2, 0.25) is 0 Å². The number of aliphatic hydroxyl groups is 1. The molecule has 2 rings (SSSR count). The van der Waals surface area contributed by atoms with Crippen molar-refractivity contribution in [2.45, 2.75) is 26.3 Å². The first-order chi connectivity index (χ1) is 9.65. The molecule has 2 aromatic rings. The Hall–Kier alpha value is -1.88. The van der Waals surface area contributed by atoms with E-state index >= 15 is 0 Å². The Bertz CT molecular complexity index is 571. The number of nitrogens with zero attached hydrogens (tertiary/aromatic N) is 2. The van der Waals surface area contributed by atoms with Gasteiger partial charge in [0.2, 0.25) is 5.95 Å². The highest BCUT2D eigenvalue weighted by Gasteiger charge is 2.15. The zero-order valence-electron chi connectivity index (χ0n) is 12.2. The average Bonchev–Trinajstić information content (AvgIpc) is 2.46. The zero-order valence-corrected chi connectivity index (χ0v) is 12.2. The molecule has 1 aromatic heterocycles. The molecule has 5 nitrogen and oxygen atoms in total. The Morgan fingerprint density at radius 3 is 2.60 bits per heavy atom. The fourth-order valence-electron chi connectivity index (χ4n) is 2.19. The third-order valence-electron chi connectivity index (χ3n) is 3.39. The molecule has 0 spiro atoms. The molecule has 3 N–H and O–H groups in total. The van der Waals surface area contributed by atoms with Gasteiger partial charge >= 0.3 is 0 Å². The molecule has 1 atom stereocenters. The van der Waals surface area contributed by atoms with Crippen LogP contribution >= 0.6 is 0 Å². The Morgan fingerprint density at radius 1 is 1.20 bits per heavy atom. The van der Waals surface area contributed by atoms with E-state index in [1.165, 1.54) is 0 Å². The molecule has 0 aliphatic heterocycles. The van der Waals surface area contributed by atoms with Crippen LogP contribution in [0.4, 0.5) is 11.8 Å². The van der Waals surface area contributed by atoms with Gasteiger partial charge in [-0.1, -0.05) is 26.0 Å². The zero-order chi connectivity index (χ0) is 14.5. The van der Waals surface area contributed by atoms with Gasteiger partial charge in [0.25, 0.3) is 0 Å². The van der Waals surface area contributed by atoms with Gasteiger partial charge in [-0.25, -0.2) is 4.98 Å². The second-order valence-electron chi connectivity index (χ2n) is 5.17. The van der Waals surface area contributed by atoms with Crippen molar-refractivity contribution in [3.63, 3.8) is 0 Å². The molecule has 1 unspecified atom stereocenters. The van der Waals surface area contributed by atoms with Crippen molar-refractivity contribution in [2.75, 3.05) is 24.3 Å². The van der Waals surface area contributed by atoms with Gasteiger partial charge in [0, 0.05) is 25.1 Å². The van der Waals surface area contributed by atoms with Crippen molar-refractivity contribution in [2.24, 2.45) is 5.92 Å². The van der Waals surface area contributed by atoms with E-state index in [-0.39, 0.29) is 12.6 Å². The van der Waals surface area contributed by atoms with Crippen molar-refractivity contribution in [3.8, 4) is 0 Å². The smallest absolute Gasteiger partial charge is 0.224 e. The molecule has 0 aliphatic rings. The van der Waals surface area contributed by atoms with Crippen LogP contribution in [-0.4, -0.2) is 34.8 Å². The molecule has 0 saturated carbocycles. The Labute approximate surface area is 119 Å². The minimum atomic E-state index is 0.164. The second kappa shape index (κ2) is 6.52. The highest BCUT2D eigenvalue weighted by molar-refractivity contribution is 5.90. The van der Waals surface area contributed by atoms with Crippen LogP contribution in [0, 0.1) is 5.92 Å². The summed E-state index contributed by atoms with van der Waals surface area (Å²) in [6.07, 6.45) is 0.699. The fraction of sp³-hybridized carbons (Fsp3) is 0.467. The minimum absolute atomic E-state index is 0.164. The summed E-state index contributed by atoms with van der Waals surface area (Å²) in [5.41, 5.74) is 0.904. The molecular weight excluding hydrogens is 252 g/mol. The van der Waals surface area contributed by atoms with E-state index in [2.05, 4.69) is 34.4 Å². The largest absolute Gasteiger partial charge is 0.396 e. The van der Waals surface area contributed by atoms with Crippen LogP contribution in [0.25, 0.3) is 10.9 Å². The number of aliphatic hydroxyl groups excluding tert-OH is 1. The molecule has 1 heterocycles. The first-order valence-corrected chi connectivity index (χ1v) is 6.97. The van der Waals surface area contributed by atoms with Gasteiger partial charge in [-0.15, -0.1) is 0 Å². The van der Waals surface area contributed by atoms with Gasteiger partial charge in [-0.3, -0.25) is 0 Å². The van der Waals surface area contributed by atoms with Crippen LogP contribution in [0.5, 0.6) is 0 Å². The van der Waals surface area contributed by atoms with Gasteiger partial charge in [-0.05, 0) is 24.5 Å². The summed E-state index contributed by atoms with van der Waals surface area (Å²) in [6.45, 7) is 4.43. The number of para-hydroxylation sites is 1. The summed E-state index contributed by atoms with van der Waals surface area (Å²) >= 11 is 0. The molecule has 0 amide bonds. The van der Waals surface area contributed by atoms with Crippen LogP contribution in [0.15, 0.2) is 24.3 Å². The molecule has 0 saturated heterocycles. The summed E-state index contributed by atoms with van der Waals surface area (Å²) in [4.78, 5) is 8.95. The van der Waals surface area contributed by atoms with Crippen LogP contribution in [0.1, 0.15) is 20.3 Å². The molecular formula is C15H22N4O. The normalized spacial score (nSPS) is 12.7. The summed E-state index contributed by atoms with van der Waals surface area (Å²) in [5, 5.41) is 16.6. The van der Waals surface area contributed by atoms with Crippen LogP contribution < -0.4 is 10.6 Å². The number of rotatable bonds is 6. The van der Waals surface area contributed by atoms with Gasteiger partial charge in [-0.2, -0.15) is 4.98 Å². The molecule has 20 heavy (non-hydrogen) atoms. The Morgan fingerprint density at radius 2 is 1.95 bits per heavy atom. The Balaban J connectivity index is 2.41. The average molecular weight is 274 g/mol. The van der Waals surface area contributed by atoms with E-state index < -0.39 is 0 Å². The maximum Gasteiger partial charge on any atom is 0.224 e. The number of benzene rings is 1. The lowest BCUT2D eigenvalue weighted by molar-refractivity contribution is 0.267. The number of fused-ring (bicyclic) bond motifs is 1. The molecule has 108 valence electrons. The van der Waals surface area contributed by atoms with Gasteiger partial charge in [0.1, 0.15) is 5.82 Å². The van der Waals surface area contributed by atoms with Gasteiger partial charge in [0.15, 0.2) is 0 Å². The van der Waals surface area contributed by atoms with Crippen molar-refractivity contribution >= 4 is 22.7 Å². The van der Waals surface area contributed by atoms with Crippen LogP contribution in [0.3, 0.4) is 0 Å². The van der Waals surface area contributed by atoms with Crippen molar-refractivity contribution in [1.29, 1.82) is 0 Å². The van der Waals surface area contributed by atoms with E-state index in [1.54, 1.807) is 0 Å². The lowest BCUT2D eigenvalue weighted by Gasteiger charge is -2.23. The van der Waals surface area contributed by atoms with E-state index in [1.807, 2.05) is 31.3 Å². The van der Waals surface area contributed by atoms with Crippen LogP contribution in [-0.2, 0) is 0 Å². The van der Waals surface area contributed by atoms with Crippen molar-refractivity contribution in [3.05, 3.63) is 24.3 Å².